The van der Waals surface area contributed by atoms with Crippen molar-refractivity contribution < 1.29 is 30.5 Å². The van der Waals surface area contributed by atoms with Crippen LogP contribution in [0.15, 0.2) is 20.1 Å². The number of carbonyl (C=O) groups is 1. The summed E-state index contributed by atoms with van der Waals surface area (Å²) >= 11 is 4.15. The summed E-state index contributed by atoms with van der Waals surface area (Å²) < 4.78 is 49.6. The average molecular weight is 449 g/mol. The molecular weight excluding hydrogens is 434 g/mol. The molecule has 1 amide bonds. The fourth-order valence-electron chi connectivity index (χ4n) is 2.23. The van der Waals surface area contributed by atoms with Crippen molar-refractivity contribution in [2.75, 3.05) is 32.4 Å². The molecule has 0 radical (unpaired) electrons. The molecule has 0 saturated carbocycles. The molecule has 0 atom stereocenters. The molecule has 2 rings (SSSR count). The molecule has 1 aromatic rings. The van der Waals surface area contributed by atoms with Crippen molar-refractivity contribution in [3.05, 3.63) is 15.9 Å². The fourth-order valence-corrected chi connectivity index (χ4v) is 6.98. The van der Waals surface area contributed by atoms with Crippen molar-refractivity contribution in [2.45, 2.75) is 4.21 Å². The summed E-state index contributed by atoms with van der Waals surface area (Å²) in [4.78, 5) is 16.1. The molecule has 13 heteroatoms. The van der Waals surface area contributed by atoms with Gasteiger partial charge in [-0.25, -0.2) is 18.0 Å². The first-order valence-corrected chi connectivity index (χ1v) is 11.2. The Bertz CT molecular complexity index is 811. The minimum absolute atomic E-state index is 0.00145. The maximum absolute atomic E-state index is 12.9. The lowest BCUT2D eigenvalue weighted by molar-refractivity contribution is -0.989. The highest BCUT2D eigenvalue weighted by Crippen LogP contribution is 2.34. The highest BCUT2D eigenvalue weighted by atomic mass is 79.9. The zero-order chi connectivity index (χ0) is 17.5. The molecule has 1 fully saturated rings. The maximum atomic E-state index is 12.9. The van der Waals surface area contributed by atoms with Gasteiger partial charge in [-0.05, 0) is 32.1 Å². The Morgan fingerprint density at radius 1 is 1.30 bits per heavy atom. The van der Waals surface area contributed by atoms with Gasteiger partial charge in [0.05, 0.1) is 23.1 Å². The van der Waals surface area contributed by atoms with Gasteiger partial charge < -0.3 is 5.73 Å². The maximum Gasteiger partial charge on any atom is 0.461 e. The summed E-state index contributed by atoms with van der Waals surface area (Å²) in [6.07, 6.45) is -0.204. The number of halogens is 1. The second-order valence-corrected chi connectivity index (χ2v) is 11.6. The lowest BCUT2D eigenvalue weighted by Crippen LogP contribution is -2.63. The van der Waals surface area contributed by atoms with Crippen LogP contribution in [-0.2, 0) is 24.9 Å². The molecule has 0 aromatic carbocycles. The Balaban J connectivity index is 2.41. The quantitative estimate of drug-likeness (QED) is 0.660. The number of nitrogens with two attached hydrogens (primary N) is 1. The van der Waals surface area contributed by atoms with Crippen molar-refractivity contribution in [3.63, 3.8) is 0 Å². The Hall–Kier alpha value is -0.730. The number of primary amides is 1. The van der Waals surface area contributed by atoms with E-state index in [1.54, 1.807) is 6.07 Å². The molecule has 9 nitrogen and oxygen atoms in total. The van der Waals surface area contributed by atoms with Crippen LogP contribution in [0.25, 0.3) is 0 Å². The lowest BCUT2D eigenvalue weighted by atomic mass is 10.4. The van der Waals surface area contributed by atoms with Gasteiger partial charge in [0.1, 0.15) is 13.1 Å². The zero-order valence-electron chi connectivity index (χ0n) is 12.0. The number of hydrogen-bond donors (Lipinski definition) is 1. The second kappa shape index (κ2) is 6.29. The number of piperazine rings is 1. The van der Waals surface area contributed by atoms with Crippen LogP contribution in [0.2, 0.25) is 0 Å². The van der Waals surface area contributed by atoms with E-state index in [2.05, 4.69) is 15.9 Å². The first kappa shape index (κ1) is 18.6. The third-order valence-corrected chi connectivity index (χ3v) is 8.91. The predicted octanol–water partition coefficient (Wildman–Crippen LogP) is 0.302. The summed E-state index contributed by atoms with van der Waals surface area (Å²) in [6, 6.07) is 2.95. The topological polar surface area (TPSA) is 124 Å². The highest BCUT2D eigenvalue weighted by Gasteiger charge is 2.52. The number of hydrogen-bond acceptors (Lipinski definition) is 7. The minimum Gasteiger partial charge on any atom is -0.330 e. The van der Waals surface area contributed by atoms with Gasteiger partial charge in [0.2, 0.25) is 10.0 Å². The van der Waals surface area contributed by atoms with Gasteiger partial charge in [-0.15, -0.1) is 11.3 Å². The molecule has 130 valence electrons. The third-order valence-electron chi connectivity index (χ3n) is 3.35. The van der Waals surface area contributed by atoms with E-state index >= 15 is 0 Å². The van der Waals surface area contributed by atoms with Gasteiger partial charge in [-0.2, -0.15) is 12.7 Å². The molecule has 2 heterocycles. The molecular formula is C10H15BrN3O6S3+. The Morgan fingerprint density at radius 2 is 1.87 bits per heavy atom. The van der Waals surface area contributed by atoms with Crippen LogP contribution in [0.3, 0.4) is 0 Å². The number of thiophene rings is 1. The van der Waals surface area contributed by atoms with Gasteiger partial charge in [-0.1, -0.05) is 0 Å². The summed E-state index contributed by atoms with van der Waals surface area (Å²) in [6.45, 7) is -0.683. The van der Waals surface area contributed by atoms with Gasteiger partial charge >= 0.3 is 16.1 Å². The molecule has 23 heavy (non-hydrogen) atoms. The number of rotatable bonds is 4. The molecule has 0 aliphatic carbocycles. The van der Waals surface area contributed by atoms with Gasteiger partial charge in [-0.3, -0.25) is 0 Å². The first-order valence-electron chi connectivity index (χ1n) is 6.30. The number of quaternary nitrogens is 1. The molecule has 1 saturated heterocycles. The summed E-state index contributed by atoms with van der Waals surface area (Å²) in [7, 11) is -7.54. The van der Waals surface area contributed by atoms with E-state index < -0.39 is 30.2 Å². The van der Waals surface area contributed by atoms with E-state index in [0.717, 1.165) is 21.9 Å². The molecule has 1 aliphatic rings. The zero-order valence-corrected chi connectivity index (χ0v) is 16.0. The number of hydroxylamine groups is 2. The Morgan fingerprint density at radius 3 is 2.26 bits per heavy atom. The normalized spacial score (nSPS) is 19.4. The number of carbonyl (C=O) groups excluding carboxylic acids is 1. The molecule has 0 unspecified atom stereocenters. The van der Waals surface area contributed by atoms with Crippen molar-refractivity contribution in [2.24, 2.45) is 5.73 Å². The van der Waals surface area contributed by atoms with Gasteiger partial charge in [0.25, 0.3) is 0 Å². The van der Waals surface area contributed by atoms with E-state index in [9.17, 15) is 21.6 Å². The fraction of sp³-hybridized carbons (Fsp3) is 0.500. The van der Waals surface area contributed by atoms with E-state index in [4.69, 9.17) is 10.6 Å². The van der Waals surface area contributed by atoms with Crippen LogP contribution < -0.4 is 5.73 Å². The van der Waals surface area contributed by atoms with Crippen LogP contribution in [0.5, 0.6) is 0 Å². The smallest absolute Gasteiger partial charge is 0.330 e. The summed E-state index contributed by atoms with van der Waals surface area (Å²) in [5, 5.41) is 0. The van der Waals surface area contributed by atoms with Crippen molar-refractivity contribution in [1.29, 1.82) is 0 Å². The largest absolute Gasteiger partial charge is 0.461 e. The van der Waals surface area contributed by atoms with Crippen LogP contribution in [-0.4, -0.2) is 63.7 Å². The lowest BCUT2D eigenvalue weighted by Gasteiger charge is -2.37. The van der Waals surface area contributed by atoms with Crippen LogP contribution in [0.4, 0.5) is 4.79 Å². The predicted molar refractivity (Wildman–Crippen MR) is 86.3 cm³/mol. The number of sulfonamides is 2. The van der Waals surface area contributed by atoms with Crippen molar-refractivity contribution in [1.82, 2.24) is 4.31 Å². The standard InChI is InChI=1S/C10H14BrN3O6S3/c1-22(16,17)13-4-6-14(7-5-13,20-10(12)15)23(18,19)9-3-2-8(11)21-9/h2-3H,4-7H2,1H3,(H-,12,15)/p+1. The average Bonchev–Trinajstić information content (AvgIpc) is 2.84. The Labute approximate surface area is 146 Å². The second-order valence-electron chi connectivity index (χ2n) is 4.87. The van der Waals surface area contributed by atoms with E-state index in [0.29, 0.717) is 3.79 Å². The van der Waals surface area contributed by atoms with Gasteiger partial charge in [0, 0.05) is 0 Å². The Kier molecular flexibility index (Phi) is 5.09. The van der Waals surface area contributed by atoms with Crippen LogP contribution in [0, 0.1) is 0 Å². The van der Waals surface area contributed by atoms with Crippen LogP contribution in [0.1, 0.15) is 0 Å². The number of amides is 1. The van der Waals surface area contributed by atoms with Crippen LogP contribution >= 0.6 is 27.3 Å². The molecule has 1 aliphatic heterocycles. The highest BCUT2D eigenvalue weighted by molar-refractivity contribution is 9.11. The first-order chi connectivity index (χ1) is 10.5. The molecule has 0 bridgehead atoms. The van der Waals surface area contributed by atoms with E-state index in [-0.39, 0.29) is 30.4 Å². The molecule has 2 N–H and O–H groups in total. The monoisotopic (exact) mass is 448 g/mol. The number of nitrogens with zero attached hydrogens (tertiary/aromatic N) is 2. The van der Waals surface area contributed by atoms with Crippen molar-refractivity contribution in [3.8, 4) is 0 Å². The van der Waals surface area contributed by atoms with E-state index in [1.807, 2.05) is 0 Å². The van der Waals surface area contributed by atoms with Gasteiger partial charge in [0.15, 0.2) is 4.21 Å². The summed E-state index contributed by atoms with van der Waals surface area (Å²) in [5.41, 5.74) is 5.03. The minimum atomic E-state index is -4.09. The van der Waals surface area contributed by atoms with E-state index in [1.165, 1.54) is 6.07 Å². The molecule has 0 spiro atoms. The SMILES string of the molecule is CS(=O)(=O)N1CC[N+](OC(N)=O)(S(=O)(=O)c2ccc(Br)s2)CC1. The molecule has 1 aromatic heterocycles. The summed E-state index contributed by atoms with van der Waals surface area (Å²) in [5.74, 6) is 0. The third kappa shape index (κ3) is 3.69. The van der Waals surface area contributed by atoms with Crippen molar-refractivity contribution >= 4 is 53.4 Å².